The smallest absolute Gasteiger partial charge is 0.0728 e. The van der Waals surface area contributed by atoms with Gasteiger partial charge in [0, 0.05) is 48.7 Å². The van der Waals surface area contributed by atoms with Gasteiger partial charge in [0.1, 0.15) is 0 Å². The summed E-state index contributed by atoms with van der Waals surface area (Å²) in [5, 5.41) is 5.37. The minimum Gasteiger partial charge on any atom is -0.314 e. The SMILES string of the molecule is CC1(C)C2=C(CCC(N(C3=C4c5ccccc5C(C)(C)C4CC=C3)c3ccc4c(c3)c3cccc5c6sc7ccccc7c6n4c35)=C2)c2ccccc21. The highest BCUT2D eigenvalue weighted by atomic mass is 32.1. The van der Waals surface area contributed by atoms with Crippen molar-refractivity contribution in [3.8, 4) is 0 Å². The molecule has 2 nitrogen and oxygen atoms in total. The lowest BCUT2D eigenvalue weighted by Gasteiger charge is -2.37. The number of nitrogens with zero attached hydrogens (tertiary/aromatic N) is 2. The summed E-state index contributed by atoms with van der Waals surface area (Å²) in [5.41, 5.74) is 18.3. The van der Waals surface area contributed by atoms with Crippen molar-refractivity contribution < 1.29 is 0 Å². The molecule has 0 N–H and O–H groups in total. The van der Waals surface area contributed by atoms with Gasteiger partial charge in [-0.25, -0.2) is 0 Å². The Balaban J connectivity index is 1.14. The third-order valence-corrected chi connectivity index (χ3v) is 14.7. The first-order valence-electron chi connectivity index (χ1n) is 19.3. The molecule has 3 heteroatoms. The Morgan fingerprint density at radius 2 is 1.45 bits per heavy atom. The third kappa shape index (κ3) is 3.74. The van der Waals surface area contributed by atoms with Gasteiger partial charge >= 0.3 is 0 Å². The van der Waals surface area contributed by atoms with Gasteiger partial charge < -0.3 is 9.30 Å². The maximum absolute atomic E-state index is 2.67. The monoisotopic (exact) mass is 700 g/mol. The zero-order valence-electron chi connectivity index (χ0n) is 30.6. The lowest BCUT2D eigenvalue weighted by atomic mass is 9.74. The molecule has 0 aliphatic heterocycles. The van der Waals surface area contributed by atoms with E-state index in [1.165, 1.54) is 104 Å². The normalized spacial score (nSPS) is 19.8. The van der Waals surface area contributed by atoms with E-state index in [4.69, 9.17) is 0 Å². The average molecular weight is 701 g/mol. The van der Waals surface area contributed by atoms with Gasteiger partial charge in [0.2, 0.25) is 0 Å². The van der Waals surface area contributed by atoms with E-state index in [2.05, 4.69) is 164 Å². The van der Waals surface area contributed by atoms with E-state index >= 15 is 0 Å². The molecule has 3 aromatic heterocycles. The number of fused-ring (bicyclic) bond motifs is 13. The summed E-state index contributed by atoms with van der Waals surface area (Å²) < 4.78 is 5.31. The van der Waals surface area contributed by atoms with Gasteiger partial charge in [0.15, 0.2) is 0 Å². The van der Waals surface area contributed by atoms with E-state index in [-0.39, 0.29) is 10.8 Å². The molecule has 0 saturated carbocycles. The lowest BCUT2D eigenvalue weighted by molar-refractivity contribution is 0.413. The van der Waals surface area contributed by atoms with Crippen LogP contribution < -0.4 is 4.90 Å². The van der Waals surface area contributed by atoms with Crippen molar-refractivity contribution in [1.29, 1.82) is 0 Å². The predicted octanol–water partition coefficient (Wildman–Crippen LogP) is 13.6. The number of benzene rings is 5. The highest BCUT2D eigenvalue weighted by Crippen LogP contribution is 2.57. The molecule has 0 spiro atoms. The molecule has 8 aromatic rings. The summed E-state index contributed by atoms with van der Waals surface area (Å²) in [6, 6.07) is 41.5. The van der Waals surface area contributed by atoms with Crippen LogP contribution in [0, 0.1) is 5.92 Å². The third-order valence-electron chi connectivity index (χ3n) is 13.5. The van der Waals surface area contributed by atoms with Crippen LogP contribution in [0.15, 0.2) is 144 Å². The van der Waals surface area contributed by atoms with E-state index < -0.39 is 0 Å². The van der Waals surface area contributed by atoms with Crippen molar-refractivity contribution >= 4 is 75.7 Å². The first-order chi connectivity index (χ1) is 25.8. The van der Waals surface area contributed by atoms with Crippen LogP contribution in [0.1, 0.15) is 69.2 Å². The second-order valence-electron chi connectivity index (χ2n) is 16.8. The molecule has 0 radical (unpaired) electrons. The van der Waals surface area contributed by atoms with Crippen molar-refractivity contribution in [1.82, 2.24) is 4.40 Å². The maximum Gasteiger partial charge on any atom is 0.0728 e. The molecule has 1 atom stereocenters. The van der Waals surface area contributed by atoms with Crippen molar-refractivity contribution in [2.45, 2.75) is 57.8 Å². The molecular formula is C50H40N2S. The standard InChI is InChI=1S/C50H40N2S/c1-49(2)39-19-9-6-14-34(39)45-40(49)20-12-21-43(45)51(30-23-25-32-31-13-5-8-18-38(31)50(3,4)41(32)28-30)29-24-26-42-37(27-29)33-16-11-17-36-46(33)52(42)47-35-15-7-10-22-44(35)53-48(36)47/h5-19,21-22,24,26-28,40H,20,23,25H2,1-4H3. The Labute approximate surface area is 314 Å². The molecule has 4 aliphatic rings. The fourth-order valence-corrected chi connectivity index (χ4v) is 12.2. The van der Waals surface area contributed by atoms with Crippen LogP contribution in [0.5, 0.6) is 0 Å². The molecule has 3 heterocycles. The average Bonchev–Trinajstić information content (AvgIpc) is 3.93. The van der Waals surface area contributed by atoms with Crippen molar-refractivity contribution in [3.05, 3.63) is 167 Å². The van der Waals surface area contributed by atoms with E-state index in [9.17, 15) is 0 Å². The Morgan fingerprint density at radius 1 is 0.698 bits per heavy atom. The second-order valence-corrected chi connectivity index (χ2v) is 17.9. The first kappa shape index (κ1) is 30.1. The van der Waals surface area contributed by atoms with Crippen LogP contribution in [-0.2, 0) is 10.8 Å². The largest absolute Gasteiger partial charge is 0.314 e. The van der Waals surface area contributed by atoms with Crippen LogP contribution >= 0.6 is 11.3 Å². The fourth-order valence-electron chi connectivity index (χ4n) is 11.0. The minimum absolute atomic E-state index is 0.0419. The number of anilines is 1. The molecule has 256 valence electrons. The Bertz CT molecular complexity index is 3040. The molecule has 5 aromatic carbocycles. The zero-order valence-corrected chi connectivity index (χ0v) is 31.4. The van der Waals surface area contributed by atoms with Gasteiger partial charge in [-0.3, -0.25) is 0 Å². The highest BCUT2D eigenvalue weighted by Gasteiger charge is 2.46. The predicted molar refractivity (Wildman–Crippen MR) is 226 cm³/mol. The van der Waals surface area contributed by atoms with Gasteiger partial charge in [0.25, 0.3) is 0 Å². The van der Waals surface area contributed by atoms with Crippen LogP contribution in [0.3, 0.4) is 0 Å². The second kappa shape index (κ2) is 10.2. The molecule has 0 fully saturated rings. The molecule has 53 heavy (non-hydrogen) atoms. The van der Waals surface area contributed by atoms with Gasteiger partial charge in [-0.1, -0.05) is 119 Å². The molecule has 4 aliphatic carbocycles. The number of thiophene rings is 1. The summed E-state index contributed by atoms with van der Waals surface area (Å²) in [6.07, 6.45) is 10.6. The van der Waals surface area contributed by atoms with E-state index in [1.807, 2.05) is 11.3 Å². The highest BCUT2D eigenvalue weighted by molar-refractivity contribution is 7.26. The number of allylic oxidation sites excluding steroid dienone is 7. The fraction of sp³-hybridized carbons (Fsp3) is 0.200. The molecule has 12 rings (SSSR count). The van der Waals surface area contributed by atoms with Gasteiger partial charge in [0.05, 0.1) is 21.3 Å². The van der Waals surface area contributed by atoms with E-state index in [1.54, 1.807) is 0 Å². The minimum atomic E-state index is -0.0419. The number of aromatic nitrogens is 1. The van der Waals surface area contributed by atoms with Crippen LogP contribution in [0.25, 0.3) is 58.6 Å². The number of hydrogen-bond acceptors (Lipinski definition) is 2. The summed E-state index contributed by atoms with van der Waals surface area (Å²) >= 11 is 1.93. The summed E-state index contributed by atoms with van der Waals surface area (Å²) in [5.74, 6) is 0.428. The van der Waals surface area contributed by atoms with Crippen molar-refractivity contribution in [2.24, 2.45) is 5.92 Å². The van der Waals surface area contributed by atoms with Gasteiger partial charge in [-0.2, -0.15) is 0 Å². The molecule has 0 bridgehead atoms. The van der Waals surface area contributed by atoms with Gasteiger partial charge in [-0.05, 0) is 106 Å². The molecular weight excluding hydrogens is 661 g/mol. The van der Waals surface area contributed by atoms with Gasteiger partial charge in [-0.15, -0.1) is 11.3 Å². The number of hydrogen-bond donors (Lipinski definition) is 0. The maximum atomic E-state index is 2.67. The van der Waals surface area contributed by atoms with E-state index in [0.29, 0.717) is 5.92 Å². The Kier molecular flexibility index (Phi) is 5.79. The van der Waals surface area contributed by atoms with Crippen LogP contribution in [0.4, 0.5) is 5.69 Å². The van der Waals surface area contributed by atoms with Crippen molar-refractivity contribution in [2.75, 3.05) is 4.90 Å². The number of para-hydroxylation sites is 1. The van der Waals surface area contributed by atoms with Crippen LogP contribution in [-0.4, -0.2) is 4.40 Å². The zero-order chi connectivity index (χ0) is 35.4. The molecule has 0 amide bonds. The number of rotatable bonds is 3. The van der Waals surface area contributed by atoms with Crippen LogP contribution in [0.2, 0.25) is 0 Å². The lowest BCUT2D eigenvalue weighted by Crippen LogP contribution is -2.29. The summed E-state index contributed by atoms with van der Waals surface area (Å²) in [4.78, 5) is 2.67. The van der Waals surface area contributed by atoms with E-state index in [0.717, 1.165) is 19.3 Å². The quantitative estimate of drug-likeness (QED) is 0.178. The Morgan fingerprint density at radius 3 is 2.34 bits per heavy atom. The Hall–Kier alpha value is -5.38. The van der Waals surface area contributed by atoms with Crippen molar-refractivity contribution in [3.63, 3.8) is 0 Å². The summed E-state index contributed by atoms with van der Waals surface area (Å²) in [6.45, 7) is 9.76. The summed E-state index contributed by atoms with van der Waals surface area (Å²) in [7, 11) is 0. The topological polar surface area (TPSA) is 7.65 Å². The molecule has 1 unspecified atom stereocenters. The first-order valence-corrected chi connectivity index (χ1v) is 20.1. The molecule has 0 saturated heterocycles.